The lowest BCUT2D eigenvalue weighted by molar-refractivity contribution is -0.128. The van der Waals surface area contributed by atoms with Crippen molar-refractivity contribution >= 4 is 24.2 Å². The number of carbonyl (C=O) groups is 2. The van der Waals surface area contributed by atoms with E-state index >= 15 is 0 Å². The van der Waals surface area contributed by atoms with Crippen LogP contribution in [0, 0.1) is 0 Å². The van der Waals surface area contributed by atoms with Gasteiger partial charge in [-0.05, 0) is 13.3 Å². The molecule has 0 aromatic heterocycles. The van der Waals surface area contributed by atoms with Crippen LogP contribution in [-0.2, 0) is 14.3 Å². The van der Waals surface area contributed by atoms with Gasteiger partial charge < -0.3 is 20.7 Å². The Bertz CT molecular complexity index is 428. The fourth-order valence-corrected chi connectivity index (χ4v) is 3.15. The lowest BCUT2D eigenvalue weighted by atomic mass is 9.96. The first-order valence-electron chi connectivity index (χ1n) is 8.60. The van der Waals surface area contributed by atoms with Crippen molar-refractivity contribution in [3.63, 3.8) is 0 Å². The molecule has 2 amide bonds. The molecule has 0 aliphatic carbocycles. The Kier molecular flexibility index (Phi) is 8.42. The van der Waals surface area contributed by atoms with Gasteiger partial charge in [-0.2, -0.15) is 0 Å². The summed E-state index contributed by atoms with van der Waals surface area (Å²) in [6, 6.07) is -0.126. The van der Waals surface area contributed by atoms with Crippen molar-refractivity contribution in [1.29, 1.82) is 0 Å². The highest BCUT2D eigenvalue weighted by molar-refractivity contribution is 5.87. The number of hydrogen-bond donors (Lipinski definition) is 2. The molecule has 2 unspecified atom stereocenters. The first kappa shape index (κ1) is 21.2. The summed E-state index contributed by atoms with van der Waals surface area (Å²) in [5.41, 5.74) is 5.18. The highest BCUT2D eigenvalue weighted by Gasteiger charge is 2.34. The summed E-state index contributed by atoms with van der Waals surface area (Å²) in [7, 11) is 0. The Labute approximate surface area is 150 Å². The van der Waals surface area contributed by atoms with Gasteiger partial charge in [-0.1, -0.05) is 13.3 Å². The van der Waals surface area contributed by atoms with Crippen molar-refractivity contribution in [2.75, 3.05) is 45.9 Å². The fraction of sp³-hybridized carbons (Fsp3) is 0.875. The van der Waals surface area contributed by atoms with E-state index in [-0.39, 0.29) is 30.3 Å². The number of morpholine rings is 1. The van der Waals surface area contributed by atoms with E-state index in [0.717, 1.165) is 39.3 Å². The predicted octanol–water partition coefficient (Wildman–Crippen LogP) is -0.0250. The van der Waals surface area contributed by atoms with E-state index in [1.54, 1.807) is 6.92 Å². The molecule has 3 N–H and O–H groups in total. The maximum absolute atomic E-state index is 12.2. The SMILES string of the molecule is CCCC(C)(N)C(=O)NC1CC(=O)N(CCN2CCOCC2)C1.Cl. The lowest BCUT2D eigenvalue weighted by Gasteiger charge is -2.29. The van der Waals surface area contributed by atoms with Crippen LogP contribution in [0.25, 0.3) is 0 Å². The summed E-state index contributed by atoms with van der Waals surface area (Å²) in [6.07, 6.45) is 1.87. The number of halogens is 1. The van der Waals surface area contributed by atoms with Crippen molar-refractivity contribution in [2.45, 2.75) is 44.7 Å². The molecule has 7 nitrogen and oxygen atoms in total. The summed E-state index contributed by atoms with van der Waals surface area (Å²) in [6.45, 7) is 9.27. The van der Waals surface area contributed by atoms with Gasteiger partial charge in [-0.3, -0.25) is 14.5 Å². The van der Waals surface area contributed by atoms with E-state index in [9.17, 15) is 9.59 Å². The number of hydrogen-bond acceptors (Lipinski definition) is 5. The van der Waals surface area contributed by atoms with Gasteiger partial charge in [0.1, 0.15) is 0 Å². The van der Waals surface area contributed by atoms with Gasteiger partial charge in [0.05, 0.1) is 24.8 Å². The molecule has 2 heterocycles. The van der Waals surface area contributed by atoms with E-state index in [1.807, 2.05) is 11.8 Å². The molecule has 0 radical (unpaired) electrons. The molecule has 0 aromatic rings. The highest BCUT2D eigenvalue weighted by Crippen LogP contribution is 2.14. The van der Waals surface area contributed by atoms with E-state index in [4.69, 9.17) is 10.5 Å². The van der Waals surface area contributed by atoms with Gasteiger partial charge in [0.25, 0.3) is 0 Å². The van der Waals surface area contributed by atoms with Crippen molar-refractivity contribution in [1.82, 2.24) is 15.1 Å². The van der Waals surface area contributed by atoms with E-state index in [0.29, 0.717) is 25.9 Å². The minimum absolute atomic E-state index is 0. The maximum atomic E-state index is 12.2. The van der Waals surface area contributed by atoms with Crippen molar-refractivity contribution in [3.8, 4) is 0 Å². The standard InChI is InChI=1S/C16H30N4O3.ClH/c1-3-4-16(2,17)15(22)18-13-11-14(21)20(12-13)6-5-19-7-9-23-10-8-19;/h13H,3-12,17H2,1-2H3,(H,18,22);1H. The summed E-state index contributed by atoms with van der Waals surface area (Å²) >= 11 is 0. The minimum Gasteiger partial charge on any atom is -0.379 e. The molecule has 0 spiro atoms. The molecule has 140 valence electrons. The number of nitrogens with one attached hydrogen (secondary N) is 1. The smallest absolute Gasteiger partial charge is 0.240 e. The van der Waals surface area contributed by atoms with Crippen molar-refractivity contribution in [2.24, 2.45) is 5.73 Å². The second-order valence-electron chi connectivity index (χ2n) is 6.84. The number of amides is 2. The van der Waals surface area contributed by atoms with Crippen LogP contribution in [-0.4, -0.2) is 79.1 Å². The van der Waals surface area contributed by atoms with Crippen LogP contribution in [0.15, 0.2) is 0 Å². The number of nitrogens with zero attached hydrogens (tertiary/aromatic N) is 2. The summed E-state index contributed by atoms with van der Waals surface area (Å²) in [5, 5.41) is 2.94. The van der Waals surface area contributed by atoms with Crippen LogP contribution in [0.4, 0.5) is 0 Å². The Hall–Kier alpha value is -0.890. The third-order valence-electron chi connectivity index (χ3n) is 4.63. The zero-order valence-electron chi connectivity index (χ0n) is 14.8. The third kappa shape index (κ3) is 5.88. The summed E-state index contributed by atoms with van der Waals surface area (Å²) in [4.78, 5) is 28.5. The van der Waals surface area contributed by atoms with Crippen LogP contribution in [0.1, 0.15) is 33.1 Å². The van der Waals surface area contributed by atoms with E-state index in [2.05, 4.69) is 10.2 Å². The molecule has 8 heteroatoms. The molecule has 2 rings (SSSR count). The third-order valence-corrected chi connectivity index (χ3v) is 4.63. The zero-order chi connectivity index (χ0) is 16.9. The van der Waals surface area contributed by atoms with Crippen molar-refractivity contribution < 1.29 is 14.3 Å². The first-order chi connectivity index (χ1) is 10.9. The molecular weight excluding hydrogens is 332 g/mol. The van der Waals surface area contributed by atoms with E-state index < -0.39 is 5.54 Å². The number of ether oxygens (including phenoxy) is 1. The van der Waals surface area contributed by atoms with Gasteiger partial charge in [0.15, 0.2) is 0 Å². The van der Waals surface area contributed by atoms with Gasteiger partial charge in [-0.15, -0.1) is 12.4 Å². The quantitative estimate of drug-likeness (QED) is 0.664. The summed E-state index contributed by atoms with van der Waals surface area (Å²) < 4.78 is 5.32. The van der Waals surface area contributed by atoms with Crippen LogP contribution in [0.5, 0.6) is 0 Å². The number of nitrogens with two attached hydrogens (primary N) is 1. The molecule has 24 heavy (non-hydrogen) atoms. The molecular formula is C16H31ClN4O3. The minimum atomic E-state index is -0.862. The number of carbonyl (C=O) groups excluding carboxylic acids is 2. The Morgan fingerprint density at radius 1 is 1.38 bits per heavy atom. The molecule has 0 aromatic carbocycles. The average Bonchev–Trinajstić information content (AvgIpc) is 2.86. The van der Waals surface area contributed by atoms with Crippen molar-refractivity contribution in [3.05, 3.63) is 0 Å². The maximum Gasteiger partial charge on any atom is 0.240 e. The predicted molar refractivity (Wildman–Crippen MR) is 95.1 cm³/mol. The van der Waals surface area contributed by atoms with Gasteiger partial charge in [0.2, 0.25) is 11.8 Å². The molecule has 2 atom stereocenters. The average molecular weight is 363 g/mol. The summed E-state index contributed by atoms with van der Waals surface area (Å²) in [5.74, 6) is -0.0510. The fourth-order valence-electron chi connectivity index (χ4n) is 3.15. The lowest BCUT2D eigenvalue weighted by Crippen LogP contribution is -2.54. The van der Waals surface area contributed by atoms with Crippen LogP contribution < -0.4 is 11.1 Å². The highest BCUT2D eigenvalue weighted by atomic mass is 35.5. The second-order valence-corrected chi connectivity index (χ2v) is 6.84. The van der Waals surface area contributed by atoms with Crippen LogP contribution in [0.3, 0.4) is 0 Å². The monoisotopic (exact) mass is 362 g/mol. The van der Waals surface area contributed by atoms with E-state index in [1.165, 1.54) is 0 Å². The van der Waals surface area contributed by atoms with Gasteiger partial charge in [-0.25, -0.2) is 0 Å². The molecule has 2 saturated heterocycles. The zero-order valence-corrected chi connectivity index (χ0v) is 15.6. The Balaban J connectivity index is 0.00000288. The molecule has 0 saturated carbocycles. The number of likely N-dealkylation sites (tertiary alicyclic amines) is 1. The second kappa shape index (κ2) is 9.56. The molecule has 0 bridgehead atoms. The molecule has 2 aliphatic rings. The van der Waals surface area contributed by atoms with Crippen LogP contribution in [0.2, 0.25) is 0 Å². The Morgan fingerprint density at radius 2 is 2.04 bits per heavy atom. The normalized spacial score (nSPS) is 24.4. The van der Waals surface area contributed by atoms with Crippen LogP contribution >= 0.6 is 12.4 Å². The Morgan fingerprint density at radius 3 is 2.67 bits per heavy atom. The van der Waals surface area contributed by atoms with Gasteiger partial charge in [0, 0.05) is 39.1 Å². The molecule has 2 aliphatic heterocycles. The number of rotatable bonds is 7. The molecule has 2 fully saturated rings. The van der Waals surface area contributed by atoms with Gasteiger partial charge >= 0.3 is 0 Å². The largest absolute Gasteiger partial charge is 0.379 e. The topological polar surface area (TPSA) is 87.9 Å². The first-order valence-corrected chi connectivity index (χ1v) is 8.60.